The maximum absolute atomic E-state index is 6.00. The van der Waals surface area contributed by atoms with Gasteiger partial charge in [-0.1, -0.05) is 13.8 Å². The zero-order valence-corrected chi connectivity index (χ0v) is 23.3. The standard InChI is InChI=1S/C28H56OTe/c1-3-5-7-9-11-13-15-17-19-21-23-28(27-29-25-26-30-28)24-22-20-18-16-14-12-10-8-6-4-2/h3-27H2,1-2H3. The normalized spacial score (nSPS) is 16.2. The van der Waals surface area contributed by atoms with Gasteiger partial charge in [-0.15, -0.1) is 0 Å². The van der Waals surface area contributed by atoms with E-state index in [2.05, 4.69) is 13.8 Å². The second kappa shape index (κ2) is 21.6. The van der Waals surface area contributed by atoms with Crippen molar-refractivity contribution in [2.75, 3.05) is 13.2 Å². The predicted octanol–water partition coefficient (Wildman–Crippen LogP) is 9.92. The van der Waals surface area contributed by atoms with E-state index in [1.165, 1.54) is 146 Å². The number of hydrogen-bond acceptors (Lipinski definition) is 1. The van der Waals surface area contributed by atoms with Crippen LogP contribution in [0.15, 0.2) is 0 Å². The molecule has 1 rings (SSSR count). The van der Waals surface area contributed by atoms with Gasteiger partial charge < -0.3 is 0 Å². The van der Waals surface area contributed by atoms with Crippen molar-refractivity contribution in [1.29, 1.82) is 0 Å². The molecule has 0 saturated carbocycles. The number of unbranched alkanes of at least 4 members (excludes halogenated alkanes) is 18. The molecule has 180 valence electrons. The van der Waals surface area contributed by atoms with Crippen molar-refractivity contribution in [3.05, 3.63) is 0 Å². The summed E-state index contributed by atoms with van der Waals surface area (Å²) in [5.41, 5.74) is 0. The fourth-order valence-corrected chi connectivity index (χ4v) is 8.83. The SMILES string of the molecule is CCCCCCCCCCCCC1(CCCCCCCCCCCC)COCC[Te]1. The summed E-state index contributed by atoms with van der Waals surface area (Å²) in [5.74, 6) is 0. The molecule has 0 aromatic rings. The van der Waals surface area contributed by atoms with Crippen LogP contribution in [-0.4, -0.2) is 34.1 Å². The number of hydrogen-bond donors (Lipinski definition) is 0. The number of ether oxygens (including phenoxy) is 1. The van der Waals surface area contributed by atoms with E-state index >= 15 is 0 Å². The zero-order chi connectivity index (χ0) is 21.6. The second-order valence-corrected chi connectivity index (χ2v) is 14.4. The first-order chi connectivity index (χ1) is 14.8. The Labute approximate surface area is 201 Å². The zero-order valence-electron chi connectivity index (χ0n) is 21.0. The molecule has 0 N–H and O–H groups in total. The van der Waals surface area contributed by atoms with Gasteiger partial charge in [0.1, 0.15) is 0 Å². The molecule has 2 heteroatoms. The van der Waals surface area contributed by atoms with Crippen molar-refractivity contribution in [3.8, 4) is 0 Å². The monoisotopic (exact) mass is 538 g/mol. The van der Waals surface area contributed by atoms with E-state index in [0.717, 1.165) is 13.2 Å². The topological polar surface area (TPSA) is 9.23 Å². The van der Waals surface area contributed by atoms with Crippen molar-refractivity contribution in [1.82, 2.24) is 0 Å². The van der Waals surface area contributed by atoms with Gasteiger partial charge >= 0.3 is 188 Å². The van der Waals surface area contributed by atoms with Crippen LogP contribution in [0.4, 0.5) is 0 Å². The van der Waals surface area contributed by atoms with E-state index in [-0.39, 0.29) is 20.9 Å². The molecule has 1 heterocycles. The summed E-state index contributed by atoms with van der Waals surface area (Å²) < 4.78 is 8.10. The first-order valence-electron chi connectivity index (χ1n) is 14.0. The fourth-order valence-electron chi connectivity index (χ4n) is 4.90. The van der Waals surface area contributed by atoms with Gasteiger partial charge in [-0.3, -0.25) is 0 Å². The molecule has 0 spiro atoms. The van der Waals surface area contributed by atoms with Gasteiger partial charge in [0.25, 0.3) is 0 Å². The third kappa shape index (κ3) is 16.4. The van der Waals surface area contributed by atoms with E-state index in [1.807, 2.05) is 0 Å². The Morgan fingerprint density at radius 1 is 0.533 bits per heavy atom. The molecular formula is C28H56OTe. The summed E-state index contributed by atoms with van der Waals surface area (Å²) in [6, 6.07) is 0. The van der Waals surface area contributed by atoms with E-state index in [4.69, 9.17) is 4.74 Å². The molecule has 0 amide bonds. The van der Waals surface area contributed by atoms with Crippen molar-refractivity contribution < 1.29 is 4.74 Å². The summed E-state index contributed by atoms with van der Waals surface area (Å²) in [6.45, 7) is 6.80. The van der Waals surface area contributed by atoms with Crippen LogP contribution in [0.5, 0.6) is 0 Å². The maximum atomic E-state index is 6.00. The van der Waals surface area contributed by atoms with E-state index in [9.17, 15) is 0 Å². The van der Waals surface area contributed by atoms with E-state index < -0.39 is 0 Å². The summed E-state index contributed by atoms with van der Waals surface area (Å²) in [4.78, 5) is 0. The first kappa shape index (κ1) is 28.8. The molecule has 30 heavy (non-hydrogen) atoms. The average Bonchev–Trinajstić information content (AvgIpc) is 2.77. The summed E-state index contributed by atoms with van der Waals surface area (Å²) in [7, 11) is 0. The molecule has 1 aliphatic rings. The third-order valence-corrected chi connectivity index (χ3v) is 11.3. The van der Waals surface area contributed by atoms with Gasteiger partial charge in [-0.2, -0.15) is 0 Å². The van der Waals surface area contributed by atoms with Crippen LogP contribution < -0.4 is 0 Å². The fraction of sp³-hybridized carbons (Fsp3) is 1.00. The van der Waals surface area contributed by atoms with Crippen molar-refractivity contribution in [2.45, 2.75) is 163 Å². The van der Waals surface area contributed by atoms with Crippen molar-refractivity contribution in [2.24, 2.45) is 0 Å². The molecule has 1 fully saturated rings. The molecule has 1 nitrogen and oxygen atoms in total. The third-order valence-electron chi connectivity index (χ3n) is 6.97. The van der Waals surface area contributed by atoms with E-state index in [0.29, 0.717) is 3.46 Å². The Morgan fingerprint density at radius 3 is 1.23 bits per heavy atom. The van der Waals surface area contributed by atoms with Crippen LogP contribution in [0.3, 0.4) is 0 Å². The minimum atomic E-state index is 0.165. The van der Waals surface area contributed by atoms with Gasteiger partial charge in [0.05, 0.1) is 0 Å². The molecular weight excluding hydrogens is 480 g/mol. The Hall–Kier alpha value is 0.750. The Kier molecular flexibility index (Phi) is 20.7. The molecule has 0 aliphatic carbocycles. The second-order valence-electron chi connectivity index (χ2n) is 9.95. The Morgan fingerprint density at radius 2 is 0.900 bits per heavy atom. The summed E-state index contributed by atoms with van der Waals surface area (Å²) in [5, 5.41) is 0. The average molecular weight is 536 g/mol. The minimum absolute atomic E-state index is 0.165. The molecule has 0 unspecified atom stereocenters. The van der Waals surface area contributed by atoms with Crippen LogP contribution in [0.1, 0.15) is 155 Å². The number of rotatable bonds is 22. The van der Waals surface area contributed by atoms with Crippen LogP contribution >= 0.6 is 0 Å². The Bertz CT molecular complexity index is 312. The van der Waals surface area contributed by atoms with Gasteiger partial charge in [0.15, 0.2) is 0 Å². The Balaban J connectivity index is 2.02. The van der Waals surface area contributed by atoms with Crippen LogP contribution in [0, 0.1) is 0 Å². The van der Waals surface area contributed by atoms with Crippen molar-refractivity contribution >= 4 is 20.9 Å². The van der Waals surface area contributed by atoms with Crippen LogP contribution in [-0.2, 0) is 4.74 Å². The molecule has 0 aromatic carbocycles. The van der Waals surface area contributed by atoms with Gasteiger partial charge in [0, 0.05) is 0 Å². The van der Waals surface area contributed by atoms with Gasteiger partial charge in [-0.25, -0.2) is 0 Å². The van der Waals surface area contributed by atoms with Crippen LogP contribution in [0.2, 0.25) is 7.93 Å². The van der Waals surface area contributed by atoms with Crippen molar-refractivity contribution in [3.63, 3.8) is 0 Å². The summed E-state index contributed by atoms with van der Waals surface area (Å²) >= 11 is 0.165. The molecule has 0 atom stereocenters. The first-order valence-corrected chi connectivity index (χ1v) is 16.9. The van der Waals surface area contributed by atoms with Gasteiger partial charge in [0.2, 0.25) is 0 Å². The summed E-state index contributed by atoms with van der Waals surface area (Å²) in [6.07, 6.45) is 32.2. The predicted molar refractivity (Wildman–Crippen MR) is 137 cm³/mol. The molecule has 0 radical (unpaired) electrons. The quantitative estimate of drug-likeness (QED) is 0.0989. The molecule has 1 aliphatic heterocycles. The molecule has 0 bridgehead atoms. The van der Waals surface area contributed by atoms with Crippen LogP contribution in [0.25, 0.3) is 0 Å². The van der Waals surface area contributed by atoms with E-state index in [1.54, 1.807) is 0 Å². The molecule has 0 aromatic heterocycles. The molecule has 1 saturated heterocycles. The van der Waals surface area contributed by atoms with Gasteiger partial charge in [-0.05, 0) is 0 Å².